The Labute approximate surface area is 138 Å². The standard InChI is InChI=1S/C19H28N2O2/c22-18(20-16-6-12-4-13(12)7-16)10-1-2-11(3-10)19(23)21-17-8-14-5-15(14)9-17/h10-17H,1-9H2,(H,20,22)(H,21,23)/t10-,11+,12?,13?,14?,15?,16?,17?. The molecule has 0 aromatic carbocycles. The summed E-state index contributed by atoms with van der Waals surface area (Å²) < 4.78 is 0. The van der Waals surface area contributed by atoms with Crippen molar-refractivity contribution in [3.63, 3.8) is 0 Å². The fraction of sp³-hybridized carbons (Fsp3) is 0.895. The lowest BCUT2D eigenvalue weighted by atomic mass is 10.0. The second-order valence-corrected chi connectivity index (χ2v) is 9.07. The monoisotopic (exact) mass is 316 g/mol. The Kier molecular flexibility index (Phi) is 3.24. The second-order valence-electron chi connectivity index (χ2n) is 9.07. The number of hydrogen-bond acceptors (Lipinski definition) is 2. The van der Waals surface area contributed by atoms with E-state index >= 15 is 0 Å². The first-order chi connectivity index (χ1) is 11.2. The van der Waals surface area contributed by atoms with Crippen LogP contribution in [0.15, 0.2) is 0 Å². The van der Waals surface area contributed by atoms with Crippen molar-refractivity contribution in [2.24, 2.45) is 35.5 Å². The molecule has 0 bridgehead atoms. The van der Waals surface area contributed by atoms with Crippen molar-refractivity contribution >= 4 is 11.8 Å². The zero-order valence-corrected chi connectivity index (χ0v) is 13.8. The largest absolute Gasteiger partial charge is 0.353 e. The second kappa shape index (κ2) is 5.22. The van der Waals surface area contributed by atoms with Crippen molar-refractivity contribution < 1.29 is 9.59 Å². The highest BCUT2D eigenvalue weighted by atomic mass is 16.2. The minimum absolute atomic E-state index is 0.0691. The first-order valence-electron chi connectivity index (χ1n) is 9.76. The molecule has 23 heavy (non-hydrogen) atoms. The van der Waals surface area contributed by atoms with Crippen LogP contribution in [0.25, 0.3) is 0 Å². The molecule has 0 radical (unpaired) electrons. The highest BCUT2D eigenvalue weighted by Gasteiger charge is 2.48. The fourth-order valence-electron chi connectivity index (χ4n) is 5.76. The van der Waals surface area contributed by atoms with Crippen LogP contribution in [0.3, 0.4) is 0 Å². The smallest absolute Gasteiger partial charge is 0.223 e. The van der Waals surface area contributed by atoms with Crippen molar-refractivity contribution in [2.75, 3.05) is 0 Å². The number of hydrogen-bond donors (Lipinski definition) is 2. The van der Waals surface area contributed by atoms with Gasteiger partial charge in [0.15, 0.2) is 0 Å². The molecule has 5 saturated carbocycles. The molecule has 2 N–H and O–H groups in total. The third kappa shape index (κ3) is 2.78. The Balaban J connectivity index is 1.08. The summed E-state index contributed by atoms with van der Waals surface area (Å²) in [6.07, 6.45) is 10.1. The molecule has 0 aromatic heterocycles. The number of fused-ring (bicyclic) bond motifs is 2. The topological polar surface area (TPSA) is 58.2 Å². The molecule has 0 heterocycles. The van der Waals surface area contributed by atoms with Crippen LogP contribution in [0.4, 0.5) is 0 Å². The van der Waals surface area contributed by atoms with Crippen LogP contribution >= 0.6 is 0 Å². The summed E-state index contributed by atoms with van der Waals surface area (Å²) in [6.45, 7) is 0. The minimum atomic E-state index is 0.0691. The molecule has 4 nitrogen and oxygen atoms in total. The average Bonchev–Trinajstić information content (AvgIpc) is 3.24. The quantitative estimate of drug-likeness (QED) is 0.835. The highest BCUT2D eigenvalue weighted by molar-refractivity contribution is 5.83. The Morgan fingerprint density at radius 3 is 1.35 bits per heavy atom. The summed E-state index contributed by atoms with van der Waals surface area (Å²) in [5, 5.41) is 6.51. The zero-order valence-electron chi connectivity index (χ0n) is 13.8. The van der Waals surface area contributed by atoms with E-state index in [-0.39, 0.29) is 23.7 Å². The average molecular weight is 316 g/mol. The number of rotatable bonds is 4. The van der Waals surface area contributed by atoms with Gasteiger partial charge in [0, 0.05) is 23.9 Å². The van der Waals surface area contributed by atoms with E-state index in [1.165, 1.54) is 38.5 Å². The van der Waals surface area contributed by atoms with Gasteiger partial charge in [-0.3, -0.25) is 9.59 Å². The number of amides is 2. The van der Waals surface area contributed by atoms with Crippen molar-refractivity contribution in [3.05, 3.63) is 0 Å². The van der Waals surface area contributed by atoms with E-state index in [9.17, 15) is 9.59 Å². The summed E-state index contributed by atoms with van der Waals surface area (Å²) in [4.78, 5) is 24.9. The summed E-state index contributed by atoms with van der Waals surface area (Å²) in [5.74, 6) is 4.18. The summed E-state index contributed by atoms with van der Waals surface area (Å²) in [5.41, 5.74) is 0. The molecule has 126 valence electrons. The molecule has 4 heteroatoms. The molecule has 5 aliphatic carbocycles. The van der Waals surface area contributed by atoms with Crippen LogP contribution in [0, 0.1) is 35.5 Å². The zero-order chi connectivity index (χ0) is 15.6. The molecular weight excluding hydrogens is 288 g/mol. The van der Waals surface area contributed by atoms with Crippen LogP contribution in [-0.4, -0.2) is 23.9 Å². The van der Waals surface area contributed by atoms with Gasteiger partial charge in [-0.15, -0.1) is 0 Å². The van der Waals surface area contributed by atoms with Crippen molar-refractivity contribution in [1.82, 2.24) is 10.6 Å². The van der Waals surface area contributed by atoms with Crippen molar-refractivity contribution in [1.29, 1.82) is 0 Å². The van der Waals surface area contributed by atoms with E-state index in [4.69, 9.17) is 0 Å². The van der Waals surface area contributed by atoms with Gasteiger partial charge in [-0.25, -0.2) is 0 Å². The predicted octanol–water partition coefficient (Wildman–Crippen LogP) is 2.23. The van der Waals surface area contributed by atoms with E-state index in [2.05, 4.69) is 10.6 Å². The minimum Gasteiger partial charge on any atom is -0.353 e. The van der Waals surface area contributed by atoms with Gasteiger partial charge in [0.25, 0.3) is 0 Å². The summed E-state index contributed by atoms with van der Waals surface area (Å²) in [7, 11) is 0. The van der Waals surface area contributed by atoms with E-state index in [1.807, 2.05) is 0 Å². The number of carbonyl (C=O) groups is 2. The van der Waals surface area contributed by atoms with Gasteiger partial charge >= 0.3 is 0 Å². The molecule has 4 unspecified atom stereocenters. The molecular formula is C19H28N2O2. The maximum Gasteiger partial charge on any atom is 0.223 e. The first-order valence-corrected chi connectivity index (χ1v) is 9.76. The van der Waals surface area contributed by atoms with E-state index in [0.29, 0.717) is 12.1 Å². The van der Waals surface area contributed by atoms with Crippen LogP contribution in [0.2, 0.25) is 0 Å². The van der Waals surface area contributed by atoms with Crippen LogP contribution < -0.4 is 10.6 Å². The van der Waals surface area contributed by atoms with Crippen LogP contribution in [0.5, 0.6) is 0 Å². The maximum absolute atomic E-state index is 12.4. The molecule has 5 aliphatic rings. The van der Waals surface area contributed by atoms with Gasteiger partial charge in [0.1, 0.15) is 0 Å². The summed E-state index contributed by atoms with van der Waals surface area (Å²) in [6, 6.07) is 0.841. The van der Waals surface area contributed by atoms with Gasteiger partial charge in [0.05, 0.1) is 0 Å². The molecule has 0 saturated heterocycles. The van der Waals surface area contributed by atoms with Gasteiger partial charge in [0.2, 0.25) is 11.8 Å². The van der Waals surface area contributed by atoms with Crippen molar-refractivity contribution in [3.8, 4) is 0 Å². The highest BCUT2D eigenvalue weighted by Crippen LogP contribution is 2.52. The van der Waals surface area contributed by atoms with Crippen LogP contribution in [0.1, 0.15) is 57.8 Å². The molecule has 5 fully saturated rings. The van der Waals surface area contributed by atoms with Gasteiger partial charge in [-0.05, 0) is 81.5 Å². The molecule has 0 aliphatic heterocycles. The SMILES string of the molecule is O=C(NC1CC2CC2C1)[C@@H]1CC[C@H](C(=O)NC2CC3CC3C2)C1. The van der Waals surface area contributed by atoms with Crippen molar-refractivity contribution in [2.45, 2.75) is 69.9 Å². The maximum atomic E-state index is 12.4. The van der Waals surface area contributed by atoms with E-state index in [0.717, 1.165) is 42.9 Å². The van der Waals surface area contributed by atoms with Gasteiger partial charge in [-0.2, -0.15) is 0 Å². The van der Waals surface area contributed by atoms with Gasteiger partial charge < -0.3 is 10.6 Å². The first kappa shape index (κ1) is 14.3. The Bertz CT molecular complexity index is 467. The van der Waals surface area contributed by atoms with Crippen LogP contribution in [-0.2, 0) is 9.59 Å². The number of nitrogens with one attached hydrogen (secondary N) is 2. The van der Waals surface area contributed by atoms with Gasteiger partial charge in [-0.1, -0.05) is 0 Å². The third-order valence-corrected chi connectivity index (χ3v) is 7.35. The Morgan fingerprint density at radius 2 is 0.957 bits per heavy atom. The lowest BCUT2D eigenvalue weighted by Gasteiger charge is -2.19. The van der Waals surface area contributed by atoms with E-state index < -0.39 is 0 Å². The van der Waals surface area contributed by atoms with E-state index in [1.54, 1.807) is 0 Å². The lowest BCUT2D eigenvalue weighted by molar-refractivity contribution is -0.126. The number of carbonyl (C=O) groups excluding carboxylic acids is 2. The summed E-state index contributed by atoms with van der Waals surface area (Å²) >= 11 is 0. The lowest BCUT2D eigenvalue weighted by Crippen LogP contribution is -2.39. The molecule has 5 rings (SSSR count). The third-order valence-electron chi connectivity index (χ3n) is 7.35. The fourth-order valence-corrected chi connectivity index (χ4v) is 5.76. The Morgan fingerprint density at radius 1 is 0.565 bits per heavy atom. The molecule has 2 amide bonds. The normalized spacial score (nSPS) is 49.4. The molecule has 6 atom stereocenters. The molecule has 0 spiro atoms. The Hall–Kier alpha value is -1.06. The predicted molar refractivity (Wildman–Crippen MR) is 86.4 cm³/mol. The molecule has 0 aromatic rings.